The van der Waals surface area contributed by atoms with E-state index in [2.05, 4.69) is 0 Å². The van der Waals surface area contributed by atoms with Gasteiger partial charge in [-0.1, -0.05) is 45.0 Å². The summed E-state index contributed by atoms with van der Waals surface area (Å²) in [5.41, 5.74) is -1.52. The summed E-state index contributed by atoms with van der Waals surface area (Å²) < 4.78 is 36.0. The van der Waals surface area contributed by atoms with Gasteiger partial charge in [0, 0.05) is 10.8 Å². The zero-order valence-corrected chi connectivity index (χ0v) is 15.5. The Bertz CT molecular complexity index is 730. The molecule has 0 spiro atoms. The highest BCUT2D eigenvalue weighted by molar-refractivity contribution is 7.94. The summed E-state index contributed by atoms with van der Waals surface area (Å²) in [5, 5.41) is 1.06. The van der Waals surface area contributed by atoms with Crippen LogP contribution < -0.4 is 0 Å². The maximum Gasteiger partial charge on any atom is 0.320 e. The molecule has 0 radical (unpaired) electrons. The second-order valence-corrected chi connectivity index (χ2v) is 9.16. The maximum atomic E-state index is 12.5. The predicted molar refractivity (Wildman–Crippen MR) is 90.8 cm³/mol. The van der Waals surface area contributed by atoms with Crippen molar-refractivity contribution in [1.29, 1.82) is 0 Å². The number of cyclic esters (lactones) is 1. The van der Waals surface area contributed by atoms with Crippen LogP contribution in [-0.2, 0) is 24.1 Å². The second-order valence-electron chi connectivity index (χ2n) is 7.33. The lowest BCUT2D eigenvalue weighted by Gasteiger charge is -2.43. The van der Waals surface area contributed by atoms with Crippen molar-refractivity contribution in [2.45, 2.75) is 51.9 Å². The number of ether oxygens (including phenoxy) is 2. The number of esters is 1. The lowest BCUT2D eigenvalue weighted by Crippen LogP contribution is -2.52. The van der Waals surface area contributed by atoms with Gasteiger partial charge in [-0.2, -0.15) is 0 Å². The number of carbonyl (C=O) groups is 1. The number of benzene rings is 1. The zero-order valence-electron chi connectivity index (χ0n) is 14.6. The second kappa shape index (κ2) is 6.33. The fourth-order valence-electron chi connectivity index (χ4n) is 2.25. The highest BCUT2D eigenvalue weighted by atomic mass is 32.2. The first-order chi connectivity index (χ1) is 11.0. The van der Waals surface area contributed by atoms with Gasteiger partial charge < -0.3 is 9.47 Å². The third-order valence-corrected chi connectivity index (χ3v) is 5.62. The van der Waals surface area contributed by atoms with Gasteiger partial charge in [0.05, 0.1) is 11.0 Å². The molecule has 24 heavy (non-hydrogen) atoms. The Balaban J connectivity index is 2.27. The average molecular weight is 352 g/mol. The Morgan fingerprint density at radius 2 is 1.75 bits per heavy atom. The molecule has 2 rings (SSSR count). The summed E-state index contributed by atoms with van der Waals surface area (Å²) in [4.78, 5) is 12.7. The molecular formula is C18H24O5S. The molecule has 0 bridgehead atoms. The molecule has 1 aromatic carbocycles. The standard InChI is InChI=1S/C18H24O5S/c1-13-18(5,15(19)23-16(22-13)17(2,3)4)11-12-24(20,21)14-9-7-6-8-10-14/h6-13,16H,1-5H3/b12-11-/t13-,16-,18-/m0/s1. The van der Waals surface area contributed by atoms with E-state index in [1.54, 1.807) is 32.0 Å². The lowest BCUT2D eigenvalue weighted by atomic mass is 9.83. The van der Waals surface area contributed by atoms with Gasteiger partial charge in [-0.15, -0.1) is 0 Å². The van der Waals surface area contributed by atoms with Crippen LogP contribution in [0.2, 0.25) is 0 Å². The number of carbonyl (C=O) groups excluding carboxylic acids is 1. The molecule has 1 aromatic rings. The molecule has 0 N–H and O–H groups in total. The highest BCUT2D eigenvalue weighted by Crippen LogP contribution is 2.38. The molecule has 0 aliphatic carbocycles. The number of hydrogen-bond donors (Lipinski definition) is 0. The first-order valence-corrected chi connectivity index (χ1v) is 9.37. The molecule has 1 aliphatic heterocycles. The molecule has 132 valence electrons. The minimum absolute atomic E-state index is 0.176. The van der Waals surface area contributed by atoms with E-state index in [4.69, 9.17) is 9.47 Å². The van der Waals surface area contributed by atoms with Crippen molar-refractivity contribution in [2.75, 3.05) is 0 Å². The number of hydrogen-bond acceptors (Lipinski definition) is 5. The number of rotatable bonds is 3. The smallest absolute Gasteiger partial charge is 0.320 e. The molecular weight excluding hydrogens is 328 g/mol. The molecule has 0 saturated carbocycles. The minimum atomic E-state index is -3.63. The molecule has 6 heteroatoms. The van der Waals surface area contributed by atoms with Gasteiger partial charge in [0.15, 0.2) is 9.84 Å². The van der Waals surface area contributed by atoms with Crippen LogP contribution in [0.3, 0.4) is 0 Å². The van der Waals surface area contributed by atoms with Gasteiger partial charge in [-0.25, -0.2) is 8.42 Å². The normalized spacial score (nSPS) is 28.8. The molecule has 5 nitrogen and oxygen atoms in total. The molecule has 0 aromatic heterocycles. The van der Waals surface area contributed by atoms with Crippen LogP contribution in [0, 0.1) is 10.8 Å². The van der Waals surface area contributed by atoms with E-state index in [0.717, 1.165) is 5.41 Å². The fraction of sp³-hybridized carbons (Fsp3) is 0.500. The molecule has 0 amide bonds. The monoisotopic (exact) mass is 352 g/mol. The van der Waals surface area contributed by atoms with Gasteiger partial charge in [-0.05, 0) is 26.0 Å². The Morgan fingerprint density at radius 1 is 1.17 bits per heavy atom. The molecule has 0 unspecified atom stereocenters. The quantitative estimate of drug-likeness (QED) is 0.781. The summed E-state index contributed by atoms with van der Waals surface area (Å²) in [6, 6.07) is 8.06. The highest BCUT2D eigenvalue weighted by Gasteiger charge is 2.48. The number of sulfone groups is 1. The van der Waals surface area contributed by atoms with Crippen molar-refractivity contribution in [2.24, 2.45) is 10.8 Å². The van der Waals surface area contributed by atoms with Crippen LogP contribution in [-0.4, -0.2) is 26.8 Å². The first kappa shape index (κ1) is 18.7. The van der Waals surface area contributed by atoms with E-state index in [-0.39, 0.29) is 10.3 Å². The van der Waals surface area contributed by atoms with E-state index in [0.29, 0.717) is 0 Å². The van der Waals surface area contributed by atoms with E-state index < -0.39 is 33.6 Å². The van der Waals surface area contributed by atoms with Crippen molar-refractivity contribution < 1.29 is 22.7 Å². The van der Waals surface area contributed by atoms with Gasteiger partial charge in [-0.3, -0.25) is 4.79 Å². The van der Waals surface area contributed by atoms with Crippen LogP contribution in [0.5, 0.6) is 0 Å². The molecule has 1 fully saturated rings. The topological polar surface area (TPSA) is 69.7 Å². The Morgan fingerprint density at radius 3 is 2.25 bits per heavy atom. The van der Waals surface area contributed by atoms with Crippen LogP contribution in [0.25, 0.3) is 0 Å². The van der Waals surface area contributed by atoms with Gasteiger partial charge in [0.2, 0.25) is 6.29 Å². The van der Waals surface area contributed by atoms with Crippen LogP contribution in [0.4, 0.5) is 0 Å². The lowest BCUT2D eigenvalue weighted by molar-refractivity contribution is -0.263. The van der Waals surface area contributed by atoms with Crippen molar-refractivity contribution in [3.63, 3.8) is 0 Å². The third-order valence-electron chi connectivity index (χ3n) is 4.20. The Kier molecular flexibility index (Phi) is 4.93. The maximum absolute atomic E-state index is 12.5. The molecule has 3 atom stereocenters. The van der Waals surface area contributed by atoms with Gasteiger partial charge in [0.25, 0.3) is 0 Å². The van der Waals surface area contributed by atoms with E-state index in [9.17, 15) is 13.2 Å². The fourth-order valence-corrected chi connectivity index (χ4v) is 3.40. The SMILES string of the molecule is C[C@@H]1O[C@H](C(C)(C)C)OC(=O)[C@@]1(C)/C=C\S(=O)(=O)c1ccccc1. The van der Waals surface area contributed by atoms with Gasteiger partial charge >= 0.3 is 5.97 Å². The van der Waals surface area contributed by atoms with Crippen molar-refractivity contribution in [3.05, 3.63) is 41.8 Å². The summed E-state index contributed by atoms with van der Waals surface area (Å²) in [6.07, 6.45) is 0.193. The van der Waals surface area contributed by atoms with Crippen molar-refractivity contribution >= 4 is 15.8 Å². The summed E-state index contributed by atoms with van der Waals surface area (Å²) in [6.45, 7) is 9.11. The van der Waals surface area contributed by atoms with Gasteiger partial charge in [0.1, 0.15) is 5.41 Å². The van der Waals surface area contributed by atoms with Crippen LogP contribution >= 0.6 is 0 Å². The van der Waals surface area contributed by atoms with E-state index in [1.165, 1.54) is 18.2 Å². The van der Waals surface area contributed by atoms with Crippen LogP contribution in [0.15, 0.2) is 46.7 Å². The zero-order chi connectivity index (χ0) is 18.2. The molecule has 1 aliphatic rings. The molecule has 1 heterocycles. The summed E-state index contributed by atoms with van der Waals surface area (Å²) in [7, 11) is -3.63. The average Bonchev–Trinajstić information content (AvgIpc) is 2.50. The van der Waals surface area contributed by atoms with E-state index in [1.807, 2.05) is 20.8 Å². The first-order valence-electron chi connectivity index (χ1n) is 7.83. The van der Waals surface area contributed by atoms with Crippen molar-refractivity contribution in [1.82, 2.24) is 0 Å². The Hall–Kier alpha value is -1.66. The summed E-state index contributed by atoms with van der Waals surface area (Å²) >= 11 is 0. The van der Waals surface area contributed by atoms with Crippen LogP contribution in [0.1, 0.15) is 34.6 Å². The predicted octanol–water partition coefficient (Wildman–Crippen LogP) is 3.31. The minimum Gasteiger partial charge on any atom is -0.434 e. The molecule has 1 saturated heterocycles. The third kappa shape index (κ3) is 3.70. The Labute approximate surface area is 143 Å². The summed E-state index contributed by atoms with van der Waals surface area (Å²) in [5.74, 6) is -0.485. The van der Waals surface area contributed by atoms with Crippen molar-refractivity contribution in [3.8, 4) is 0 Å². The van der Waals surface area contributed by atoms with E-state index >= 15 is 0 Å². The largest absolute Gasteiger partial charge is 0.434 e.